The Kier molecular flexibility index (Phi) is 5.31. The highest BCUT2D eigenvalue weighted by molar-refractivity contribution is 5.68. The minimum Gasteiger partial charge on any atom is -0.444 e. The van der Waals surface area contributed by atoms with Gasteiger partial charge in [-0.1, -0.05) is 0 Å². The van der Waals surface area contributed by atoms with Crippen LogP contribution in [0.3, 0.4) is 0 Å². The van der Waals surface area contributed by atoms with E-state index < -0.39 is 30.6 Å². The lowest BCUT2D eigenvalue weighted by molar-refractivity contribution is 0.0489. The molecule has 0 aliphatic carbocycles. The number of amides is 1. The summed E-state index contributed by atoms with van der Waals surface area (Å²) in [7, 11) is 0. The molecule has 1 amide bonds. The quantitative estimate of drug-likeness (QED) is 0.843. The monoisotopic (exact) mass is 264 g/mol. The molecule has 0 spiro atoms. The molecule has 106 valence electrons. The fourth-order valence-corrected chi connectivity index (χ4v) is 1.90. The van der Waals surface area contributed by atoms with E-state index in [1.54, 1.807) is 20.8 Å². The third kappa shape index (κ3) is 5.16. The predicted octanol–water partition coefficient (Wildman–Crippen LogP) is 1.89. The first kappa shape index (κ1) is 15.1. The third-order valence-corrected chi connectivity index (χ3v) is 2.63. The minimum absolute atomic E-state index is 0.237. The second-order valence-corrected chi connectivity index (χ2v) is 5.57. The molecule has 2 atom stereocenters. The SMILES string of the molecule is CC(C)(C)OC(=O)N[C@@H]1CN(CCCF)C[C@H]1F. The number of carbonyl (C=O) groups excluding carboxylic acids is 1. The maximum atomic E-state index is 13.7. The van der Waals surface area contributed by atoms with Crippen LogP contribution in [-0.4, -0.2) is 55.1 Å². The number of carbonyl (C=O) groups is 1. The van der Waals surface area contributed by atoms with Gasteiger partial charge in [0.1, 0.15) is 11.8 Å². The standard InChI is InChI=1S/C12H22F2N2O2/c1-12(2,3)18-11(17)15-10-8-16(6-4-5-13)7-9(10)14/h9-10H,4-8H2,1-3H3,(H,15,17)/t9-,10-/m1/s1. The zero-order valence-corrected chi connectivity index (χ0v) is 11.2. The van der Waals surface area contributed by atoms with E-state index in [1.165, 1.54) is 0 Å². The molecule has 0 aromatic heterocycles. The highest BCUT2D eigenvalue weighted by Crippen LogP contribution is 2.15. The van der Waals surface area contributed by atoms with E-state index in [9.17, 15) is 13.6 Å². The number of hydrogen-bond acceptors (Lipinski definition) is 3. The number of nitrogens with one attached hydrogen (secondary N) is 1. The van der Waals surface area contributed by atoms with Gasteiger partial charge in [-0.15, -0.1) is 0 Å². The van der Waals surface area contributed by atoms with E-state index in [0.29, 0.717) is 19.5 Å². The van der Waals surface area contributed by atoms with Gasteiger partial charge in [0.25, 0.3) is 0 Å². The van der Waals surface area contributed by atoms with Gasteiger partial charge in [0.05, 0.1) is 12.7 Å². The molecule has 1 rings (SSSR count). The van der Waals surface area contributed by atoms with Crippen molar-refractivity contribution >= 4 is 6.09 Å². The Bertz CT molecular complexity index is 282. The fourth-order valence-electron chi connectivity index (χ4n) is 1.90. The molecule has 0 radical (unpaired) electrons. The second kappa shape index (κ2) is 6.31. The van der Waals surface area contributed by atoms with Crippen LogP contribution >= 0.6 is 0 Å². The Labute approximate surface area is 107 Å². The topological polar surface area (TPSA) is 41.6 Å². The third-order valence-electron chi connectivity index (χ3n) is 2.63. The average Bonchev–Trinajstić information content (AvgIpc) is 2.53. The summed E-state index contributed by atoms with van der Waals surface area (Å²) >= 11 is 0. The Morgan fingerprint density at radius 3 is 2.67 bits per heavy atom. The number of alkyl halides is 2. The Morgan fingerprint density at radius 1 is 1.44 bits per heavy atom. The van der Waals surface area contributed by atoms with Crippen LogP contribution in [-0.2, 0) is 4.74 Å². The normalized spacial score (nSPS) is 25.2. The molecule has 1 aliphatic heterocycles. The zero-order valence-electron chi connectivity index (χ0n) is 11.2. The average molecular weight is 264 g/mol. The van der Waals surface area contributed by atoms with Gasteiger partial charge in [-0.05, 0) is 27.2 Å². The van der Waals surface area contributed by atoms with Crippen molar-refractivity contribution in [3.05, 3.63) is 0 Å². The lowest BCUT2D eigenvalue weighted by Gasteiger charge is -2.22. The molecular formula is C12H22F2N2O2. The summed E-state index contributed by atoms with van der Waals surface area (Å²) in [6, 6.07) is -0.570. The van der Waals surface area contributed by atoms with Crippen LogP contribution in [0.15, 0.2) is 0 Å². The molecule has 18 heavy (non-hydrogen) atoms. The number of halogens is 2. The van der Waals surface area contributed by atoms with E-state index in [-0.39, 0.29) is 6.54 Å². The number of alkyl carbamates (subject to hydrolysis) is 1. The molecule has 0 bridgehead atoms. The van der Waals surface area contributed by atoms with Crippen molar-refractivity contribution in [2.24, 2.45) is 0 Å². The summed E-state index contributed by atoms with van der Waals surface area (Å²) in [4.78, 5) is 13.3. The van der Waals surface area contributed by atoms with Crippen LogP contribution in [0, 0.1) is 0 Å². The van der Waals surface area contributed by atoms with Gasteiger partial charge in [0, 0.05) is 19.6 Å². The molecule has 1 fully saturated rings. The molecule has 0 unspecified atom stereocenters. The zero-order chi connectivity index (χ0) is 13.8. The van der Waals surface area contributed by atoms with E-state index in [2.05, 4.69) is 5.32 Å². The summed E-state index contributed by atoms with van der Waals surface area (Å²) in [6.45, 7) is 6.01. The van der Waals surface area contributed by atoms with Crippen LogP contribution in [0.25, 0.3) is 0 Å². The molecule has 0 aromatic carbocycles. The summed E-state index contributed by atoms with van der Waals surface area (Å²) in [5, 5.41) is 2.52. The summed E-state index contributed by atoms with van der Waals surface area (Å²) in [6.07, 6.45) is -1.34. The molecule has 0 saturated carbocycles. The predicted molar refractivity (Wildman–Crippen MR) is 65.1 cm³/mol. The lowest BCUT2D eigenvalue weighted by Crippen LogP contribution is -2.44. The number of nitrogens with zero attached hydrogens (tertiary/aromatic N) is 1. The van der Waals surface area contributed by atoms with E-state index >= 15 is 0 Å². The maximum Gasteiger partial charge on any atom is 0.408 e. The van der Waals surface area contributed by atoms with Crippen molar-refractivity contribution in [3.63, 3.8) is 0 Å². The van der Waals surface area contributed by atoms with Crippen molar-refractivity contribution in [1.82, 2.24) is 10.2 Å². The molecular weight excluding hydrogens is 242 g/mol. The Morgan fingerprint density at radius 2 is 2.11 bits per heavy atom. The maximum absolute atomic E-state index is 13.7. The van der Waals surface area contributed by atoms with Gasteiger partial charge in [0.2, 0.25) is 0 Å². The number of hydrogen-bond donors (Lipinski definition) is 1. The van der Waals surface area contributed by atoms with Gasteiger partial charge in [0.15, 0.2) is 0 Å². The van der Waals surface area contributed by atoms with Gasteiger partial charge < -0.3 is 10.1 Å². The summed E-state index contributed by atoms with van der Waals surface area (Å²) in [5.74, 6) is 0. The van der Waals surface area contributed by atoms with Crippen LogP contribution in [0.1, 0.15) is 27.2 Å². The fraction of sp³-hybridized carbons (Fsp3) is 0.917. The molecule has 0 aromatic rings. The summed E-state index contributed by atoms with van der Waals surface area (Å²) in [5.41, 5.74) is -0.595. The van der Waals surface area contributed by atoms with Gasteiger partial charge in [-0.25, -0.2) is 9.18 Å². The molecule has 1 saturated heterocycles. The van der Waals surface area contributed by atoms with Crippen LogP contribution in [0.5, 0.6) is 0 Å². The van der Waals surface area contributed by atoms with E-state index in [0.717, 1.165) is 0 Å². The molecule has 4 nitrogen and oxygen atoms in total. The Balaban J connectivity index is 2.36. The van der Waals surface area contributed by atoms with Crippen LogP contribution in [0.2, 0.25) is 0 Å². The minimum atomic E-state index is -1.13. The molecule has 1 N–H and O–H groups in total. The first-order chi connectivity index (χ1) is 8.31. The van der Waals surface area contributed by atoms with E-state index in [1.807, 2.05) is 4.90 Å². The first-order valence-corrected chi connectivity index (χ1v) is 6.24. The number of rotatable bonds is 4. The second-order valence-electron chi connectivity index (χ2n) is 5.57. The highest BCUT2D eigenvalue weighted by atomic mass is 19.1. The lowest BCUT2D eigenvalue weighted by atomic mass is 10.2. The number of ether oxygens (including phenoxy) is 1. The van der Waals surface area contributed by atoms with Crippen molar-refractivity contribution in [1.29, 1.82) is 0 Å². The molecule has 1 heterocycles. The van der Waals surface area contributed by atoms with Crippen molar-refractivity contribution in [3.8, 4) is 0 Å². The largest absolute Gasteiger partial charge is 0.444 e. The van der Waals surface area contributed by atoms with Crippen LogP contribution in [0.4, 0.5) is 13.6 Å². The van der Waals surface area contributed by atoms with Crippen molar-refractivity contribution in [2.75, 3.05) is 26.3 Å². The van der Waals surface area contributed by atoms with Gasteiger partial charge in [-0.2, -0.15) is 0 Å². The van der Waals surface area contributed by atoms with Crippen molar-refractivity contribution in [2.45, 2.75) is 45.0 Å². The highest BCUT2D eigenvalue weighted by Gasteiger charge is 2.34. The molecule has 6 heteroatoms. The van der Waals surface area contributed by atoms with Gasteiger partial charge in [-0.3, -0.25) is 9.29 Å². The number of likely N-dealkylation sites (tertiary alicyclic amines) is 1. The summed E-state index contributed by atoms with van der Waals surface area (Å²) < 4.78 is 30.7. The van der Waals surface area contributed by atoms with Gasteiger partial charge >= 0.3 is 6.09 Å². The molecule has 1 aliphatic rings. The van der Waals surface area contributed by atoms with E-state index in [4.69, 9.17) is 4.74 Å². The Hall–Kier alpha value is -0.910. The van der Waals surface area contributed by atoms with Crippen molar-refractivity contribution < 1.29 is 18.3 Å². The first-order valence-electron chi connectivity index (χ1n) is 6.24. The van der Waals surface area contributed by atoms with Crippen LogP contribution < -0.4 is 5.32 Å². The smallest absolute Gasteiger partial charge is 0.408 e.